The molecule has 3 amide bonds. The first-order chi connectivity index (χ1) is 21.4. The molecule has 5 aromatic rings. The average molecular weight is 605 g/mol. The van der Waals surface area contributed by atoms with Crippen LogP contribution in [-0.2, 0) is 9.59 Å². The minimum atomic E-state index is -0.486. The van der Waals surface area contributed by atoms with E-state index in [9.17, 15) is 14.4 Å². The lowest BCUT2D eigenvalue weighted by Crippen LogP contribution is -2.30. The molecule has 0 spiro atoms. The zero-order valence-corrected chi connectivity index (χ0v) is 25.1. The van der Waals surface area contributed by atoms with Gasteiger partial charge in [0.05, 0.1) is 17.5 Å². The molecule has 1 aromatic heterocycles. The van der Waals surface area contributed by atoms with Crippen molar-refractivity contribution in [3.8, 4) is 5.75 Å². The summed E-state index contributed by atoms with van der Waals surface area (Å²) in [5.74, 6) is -0.452. The first-order valence-electron chi connectivity index (χ1n) is 14.2. The van der Waals surface area contributed by atoms with Crippen molar-refractivity contribution in [3.63, 3.8) is 0 Å². The number of aromatic amines is 1. The number of fused-ring (bicyclic) bond motifs is 1. The molecule has 0 radical (unpaired) electrons. The van der Waals surface area contributed by atoms with Crippen LogP contribution in [0.5, 0.6) is 5.75 Å². The van der Waals surface area contributed by atoms with E-state index in [-0.39, 0.29) is 11.6 Å². The molecule has 0 fully saturated rings. The van der Waals surface area contributed by atoms with Crippen molar-refractivity contribution in [2.24, 2.45) is 0 Å². The van der Waals surface area contributed by atoms with E-state index in [0.717, 1.165) is 21.4 Å². The molecule has 1 heterocycles. The number of carbonyl (C=O) groups excluding carboxylic acids is 3. The van der Waals surface area contributed by atoms with Gasteiger partial charge in [0, 0.05) is 38.8 Å². The summed E-state index contributed by atoms with van der Waals surface area (Å²) in [7, 11) is 0. The third-order valence-corrected chi connectivity index (χ3v) is 7.76. The fourth-order valence-corrected chi connectivity index (χ4v) is 5.43. The number of para-hydroxylation sites is 3. The molecule has 4 N–H and O–H groups in total. The number of carbonyl (C=O) groups is 3. The van der Waals surface area contributed by atoms with Crippen LogP contribution < -0.4 is 20.7 Å². The van der Waals surface area contributed by atoms with E-state index >= 15 is 0 Å². The van der Waals surface area contributed by atoms with Gasteiger partial charge in [-0.15, -0.1) is 11.8 Å². The van der Waals surface area contributed by atoms with E-state index in [1.54, 1.807) is 60.8 Å². The Kier molecular flexibility index (Phi) is 9.78. The lowest BCUT2D eigenvalue weighted by Gasteiger charge is -2.15. The van der Waals surface area contributed by atoms with E-state index in [0.29, 0.717) is 29.3 Å². The summed E-state index contributed by atoms with van der Waals surface area (Å²) < 4.78 is 5.62. The van der Waals surface area contributed by atoms with E-state index in [1.165, 1.54) is 11.8 Å². The highest BCUT2D eigenvalue weighted by molar-refractivity contribution is 8.00. The van der Waals surface area contributed by atoms with E-state index in [1.807, 2.05) is 68.4 Å². The number of benzene rings is 4. The van der Waals surface area contributed by atoms with E-state index in [2.05, 4.69) is 20.9 Å². The van der Waals surface area contributed by atoms with Crippen LogP contribution in [0.25, 0.3) is 17.0 Å². The zero-order valence-electron chi connectivity index (χ0n) is 24.3. The van der Waals surface area contributed by atoms with Gasteiger partial charge in [0.2, 0.25) is 5.91 Å². The minimum absolute atomic E-state index is 0.0855. The van der Waals surface area contributed by atoms with Crippen molar-refractivity contribution in [1.29, 1.82) is 0 Å². The van der Waals surface area contributed by atoms with Gasteiger partial charge < -0.3 is 25.7 Å². The molecule has 8 nitrogen and oxygen atoms in total. The second-order valence-electron chi connectivity index (χ2n) is 9.83. The Morgan fingerprint density at radius 2 is 1.64 bits per heavy atom. The molecule has 222 valence electrons. The number of rotatable bonds is 11. The average Bonchev–Trinajstić information content (AvgIpc) is 3.45. The third-order valence-electron chi connectivity index (χ3n) is 6.67. The molecule has 0 aliphatic carbocycles. The van der Waals surface area contributed by atoms with Gasteiger partial charge in [0.1, 0.15) is 11.4 Å². The highest BCUT2D eigenvalue weighted by Gasteiger charge is 2.19. The standard InChI is InChI=1S/C35H32N4O4S/c1-3-43-32-19-10-9-18-30(32)38-33(40)23(2)44-27-15-11-14-26(21-27)37-35(42)31(39-34(41)24-12-5-4-6-13-24)20-25-22-36-29-17-8-7-16-28(25)29/h4-23,36H,3H2,1-2H3,(H,37,42)(H,38,40)(H,39,41)/b31-20-. The Bertz CT molecular complexity index is 1820. The fraction of sp³-hybridized carbons (Fsp3) is 0.114. The highest BCUT2D eigenvalue weighted by Crippen LogP contribution is 2.29. The third kappa shape index (κ3) is 7.56. The number of hydrogen-bond acceptors (Lipinski definition) is 5. The van der Waals surface area contributed by atoms with Crippen LogP contribution in [-0.4, -0.2) is 34.6 Å². The maximum atomic E-state index is 13.6. The largest absolute Gasteiger partial charge is 0.492 e. The van der Waals surface area contributed by atoms with E-state index < -0.39 is 17.1 Å². The highest BCUT2D eigenvalue weighted by atomic mass is 32.2. The molecule has 4 aromatic carbocycles. The van der Waals surface area contributed by atoms with Crippen molar-refractivity contribution in [2.75, 3.05) is 17.2 Å². The summed E-state index contributed by atoms with van der Waals surface area (Å²) in [6.45, 7) is 4.20. The van der Waals surface area contributed by atoms with Gasteiger partial charge in [-0.1, -0.05) is 54.6 Å². The Balaban J connectivity index is 1.32. The number of anilines is 2. The van der Waals surface area contributed by atoms with Gasteiger partial charge in [-0.3, -0.25) is 14.4 Å². The molecule has 0 saturated carbocycles. The quantitative estimate of drug-likeness (QED) is 0.0950. The molecular formula is C35H32N4O4S. The number of aromatic nitrogens is 1. The summed E-state index contributed by atoms with van der Waals surface area (Å²) in [6.07, 6.45) is 3.45. The molecule has 44 heavy (non-hydrogen) atoms. The minimum Gasteiger partial charge on any atom is -0.492 e. The molecule has 1 unspecified atom stereocenters. The second-order valence-corrected chi connectivity index (χ2v) is 11.2. The van der Waals surface area contributed by atoms with Gasteiger partial charge >= 0.3 is 0 Å². The number of hydrogen-bond donors (Lipinski definition) is 4. The maximum Gasteiger partial charge on any atom is 0.272 e. The van der Waals surface area contributed by atoms with Gasteiger partial charge in [-0.2, -0.15) is 0 Å². The molecule has 9 heteroatoms. The normalized spacial score (nSPS) is 11.9. The lowest BCUT2D eigenvalue weighted by molar-refractivity contribution is -0.115. The van der Waals surface area contributed by atoms with E-state index in [4.69, 9.17) is 4.74 Å². The Hall–Kier alpha value is -5.28. The van der Waals surface area contributed by atoms with Gasteiger partial charge in [-0.05, 0) is 68.5 Å². The maximum absolute atomic E-state index is 13.6. The number of nitrogens with one attached hydrogen (secondary N) is 4. The van der Waals surface area contributed by atoms with Crippen molar-refractivity contribution < 1.29 is 19.1 Å². The van der Waals surface area contributed by atoms with Crippen LogP contribution >= 0.6 is 11.8 Å². The van der Waals surface area contributed by atoms with Crippen LogP contribution in [0.1, 0.15) is 29.8 Å². The number of ether oxygens (including phenoxy) is 1. The summed E-state index contributed by atoms with van der Waals surface area (Å²) in [5.41, 5.74) is 3.32. The van der Waals surface area contributed by atoms with Crippen molar-refractivity contribution in [2.45, 2.75) is 24.0 Å². The fourth-order valence-electron chi connectivity index (χ4n) is 4.50. The van der Waals surface area contributed by atoms with Crippen LogP contribution in [0, 0.1) is 0 Å². The molecule has 0 aliphatic rings. The zero-order chi connectivity index (χ0) is 30.9. The van der Waals surface area contributed by atoms with Crippen LogP contribution in [0.3, 0.4) is 0 Å². The molecule has 5 rings (SSSR count). The number of thioether (sulfide) groups is 1. The first-order valence-corrected chi connectivity index (χ1v) is 15.0. The summed E-state index contributed by atoms with van der Waals surface area (Å²) in [5, 5.41) is 9.11. The lowest BCUT2D eigenvalue weighted by atomic mass is 10.1. The molecule has 0 bridgehead atoms. The van der Waals surface area contributed by atoms with Gasteiger partial charge in [0.25, 0.3) is 11.8 Å². The van der Waals surface area contributed by atoms with Crippen molar-refractivity contribution in [1.82, 2.24) is 10.3 Å². The number of amides is 3. The predicted molar refractivity (Wildman–Crippen MR) is 177 cm³/mol. The second kappa shape index (κ2) is 14.3. The molecular weight excluding hydrogens is 572 g/mol. The van der Waals surface area contributed by atoms with Gasteiger partial charge in [-0.25, -0.2) is 0 Å². The molecule has 0 aliphatic heterocycles. The Labute approximate surface area is 259 Å². The number of H-pyrrole nitrogens is 1. The first kappa shape index (κ1) is 30.2. The summed E-state index contributed by atoms with van der Waals surface area (Å²) in [6, 6.07) is 31.0. The topological polar surface area (TPSA) is 112 Å². The SMILES string of the molecule is CCOc1ccccc1NC(=O)C(C)Sc1cccc(NC(=O)/C(=C/c2c[nH]c3ccccc23)NC(=O)c2ccccc2)c1. The van der Waals surface area contributed by atoms with Crippen LogP contribution in [0.4, 0.5) is 11.4 Å². The molecule has 1 atom stereocenters. The summed E-state index contributed by atoms with van der Waals surface area (Å²) in [4.78, 5) is 43.6. The molecule has 0 saturated heterocycles. The van der Waals surface area contributed by atoms with Crippen LogP contribution in [0.15, 0.2) is 120 Å². The van der Waals surface area contributed by atoms with Crippen LogP contribution in [0.2, 0.25) is 0 Å². The van der Waals surface area contributed by atoms with Crippen molar-refractivity contribution in [3.05, 3.63) is 126 Å². The van der Waals surface area contributed by atoms with Gasteiger partial charge in [0.15, 0.2) is 0 Å². The Morgan fingerprint density at radius 1 is 0.886 bits per heavy atom. The smallest absolute Gasteiger partial charge is 0.272 e. The monoisotopic (exact) mass is 604 g/mol. The Morgan fingerprint density at radius 3 is 2.45 bits per heavy atom. The van der Waals surface area contributed by atoms with Crippen molar-refractivity contribution >= 4 is 57.8 Å². The predicted octanol–water partition coefficient (Wildman–Crippen LogP) is 7.10. The summed E-state index contributed by atoms with van der Waals surface area (Å²) >= 11 is 1.36.